The lowest BCUT2D eigenvalue weighted by atomic mass is 10.0. The predicted molar refractivity (Wildman–Crippen MR) is 143 cm³/mol. The molecule has 0 atom stereocenters. The number of hydrogen-bond acceptors (Lipinski definition) is 7. The van der Waals surface area contributed by atoms with Crippen molar-refractivity contribution < 1.29 is 19.0 Å². The third kappa shape index (κ3) is 5.65. The molecule has 0 spiro atoms. The van der Waals surface area contributed by atoms with Crippen LogP contribution in [0.3, 0.4) is 0 Å². The molecule has 4 aromatic rings. The minimum atomic E-state index is -0.874. The van der Waals surface area contributed by atoms with E-state index in [4.69, 9.17) is 19.7 Å². The van der Waals surface area contributed by atoms with Gasteiger partial charge in [-0.3, -0.25) is 0 Å². The van der Waals surface area contributed by atoms with E-state index in [1.165, 1.54) is 12.1 Å². The molecule has 0 amide bonds. The number of likely N-dealkylation sites (N-methyl/N-ethyl adjacent to an activating group) is 1. The van der Waals surface area contributed by atoms with Crippen LogP contribution in [0.2, 0.25) is 0 Å². The summed E-state index contributed by atoms with van der Waals surface area (Å²) in [5, 5.41) is 20.4. The van der Waals surface area contributed by atoms with Crippen molar-refractivity contribution >= 4 is 27.6 Å². The second kappa shape index (κ2) is 10.4. The summed E-state index contributed by atoms with van der Waals surface area (Å²) in [6.45, 7) is 9.64. The molecule has 2 aromatic heterocycles. The Morgan fingerprint density at radius 3 is 2.70 bits per heavy atom. The van der Waals surface area contributed by atoms with Gasteiger partial charge in [0.2, 0.25) is 0 Å². The summed E-state index contributed by atoms with van der Waals surface area (Å²) in [6.07, 6.45) is 2.17. The molecular formula is C28H30FN5O3. The Kier molecular flexibility index (Phi) is 7.32. The summed E-state index contributed by atoms with van der Waals surface area (Å²) in [7, 11) is 1.87. The van der Waals surface area contributed by atoms with Crippen LogP contribution < -0.4 is 14.4 Å². The van der Waals surface area contributed by atoms with Crippen LogP contribution in [-0.2, 0) is 0 Å². The van der Waals surface area contributed by atoms with Crippen molar-refractivity contribution in [1.82, 2.24) is 15.0 Å². The van der Waals surface area contributed by atoms with E-state index in [0.717, 1.165) is 5.52 Å². The Morgan fingerprint density at radius 1 is 1.22 bits per heavy atom. The number of nitrogens with zero attached hydrogens (tertiary/aromatic N) is 4. The van der Waals surface area contributed by atoms with E-state index in [2.05, 4.69) is 16.5 Å². The van der Waals surface area contributed by atoms with Gasteiger partial charge in [0, 0.05) is 31.0 Å². The zero-order chi connectivity index (χ0) is 26.7. The number of hydrogen-bond donors (Lipinski definition) is 2. The fourth-order valence-corrected chi connectivity index (χ4v) is 4.17. The molecule has 2 N–H and O–H groups in total. The highest BCUT2D eigenvalue weighted by molar-refractivity contribution is 6.15. The molecular weight excluding hydrogens is 473 g/mol. The average Bonchev–Trinajstić information content (AvgIpc) is 3.19. The van der Waals surface area contributed by atoms with Crippen LogP contribution in [0.25, 0.3) is 33.2 Å². The minimum absolute atomic E-state index is 0.166. The Hall–Kier alpha value is -4.16. The number of fused-ring (bicyclic) bond motifs is 3. The molecule has 9 heteroatoms. The van der Waals surface area contributed by atoms with E-state index in [1.807, 2.05) is 24.1 Å². The Bertz CT molecular complexity index is 1500. The van der Waals surface area contributed by atoms with Crippen molar-refractivity contribution in [3.8, 4) is 28.8 Å². The van der Waals surface area contributed by atoms with Gasteiger partial charge in [-0.25, -0.2) is 14.4 Å². The molecule has 0 saturated heterocycles. The molecule has 0 unspecified atom stereocenters. The third-order valence-electron chi connectivity index (χ3n) is 5.91. The number of ether oxygens (including phenoxy) is 2. The third-order valence-corrected chi connectivity index (χ3v) is 5.91. The lowest BCUT2D eigenvalue weighted by Gasteiger charge is -2.18. The van der Waals surface area contributed by atoms with Crippen LogP contribution in [0, 0.1) is 24.1 Å². The van der Waals surface area contributed by atoms with Gasteiger partial charge in [-0.2, -0.15) is 5.26 Å². The fourth-order valence-electron chi connectivity index (χ4n) is 4.17. The van der Waals surface area contributed by atoms with Gasteiger partial charge in [0.25, 0.3) is 0 Å². The highest BCUT2D eigenvalue weighted by Gasteiger charge is 2.20. The molecule has 0 radical (unpaired) electrons. The summed E-state index contributed by atoms with van der Waals surface area (Å²) < 4.78 is 26.3. The highest BCUT2D eigenvalue weighted by Crippen LogP contribution is 2.39. The van der Waals surface area contributed by atoms with Crippen molar-refractivity contribution in [2.45, 2.75) is 32.8 Å². The van der Waals surface area contributed by atoms with Gasteiger partial charge in [0.05, 0.1) is 34.5 Å². The van der Waals surface area contributed by atoms with Crippen molar-refractivity contribution in [3.63, 3.8) is 0 Å². The Balaban J connectivity index is 1.87. The number of aryl methyl sites for hydroxylation is 1. The van der Waals surface area contributed by atoms with E-state index in [-0.39, 0.29) is 19.0 Å². The molecule has 2 heterocycles. The van der Waals surface area contributed by atoms with E-state index < -0.39 is 5.60 Å². The summed E-state index contributed by atoms with van der Waals surface area (Å²) in [5.74, 6) is 0.986. The number of rotatable bonds is 10. The second-order valence-electron chi connectivity index (χ2n) is 9.50. The predicted octanol–water partition coefficient (Wildman–Crippen LogP) is 5.29. The maximum atomic E-state index is 14.8. The molecule has 0 aliphatic heterocycles. The lowest BCUT2D eigenvalue weighted by Crippen LogP contribution is -2.21. The molecule has 0 saturated carbocycles. The molecule has 4 rings (SSSR count). The fraction of sp³-hybridized carbons (Fsp3) is 0.321. The van der Waals surface area contributed by atoms with Gasteiger partial charge in [-0.1, -0.05) is 6.08 Å². The van der Waals surface area contributed by atoms with Gasteiger partial charge in [0.15, 0.2) is 18.1 Å². The minimum Gasteiger partial charge on any atom is -0.490 e. The standard InChI is InChI=1S/C28H30FN5O3/c1-6-11-34(5)21-16-19(29)15-20-24-25(31-17(2)32-27(24)33-26(20)21)18-7-8-22(23(14-18)37-13-10-30)36-12-9-28(3,4)35/h6-8,14-16,35H,1,9,11-13H2,2-5H3,(H,31,32,33). The normalized spacial score (nSPS) is 11.5. The Morgan fingerprint density at radius 2 is 2.00 bits per heavy atom. The largest absolute Gasteiger partial charge is 0.490 e. The van der Waals surface area contributed by atoms with Crippen LogP contribution >= 0.6 is 0 Å². The number of aromatic amines is 1. The monoisotopic (exact) mass is 503 g/mol. The molecule has 0 fully saturated rings. The number of halogens is 1. The first-order valence-corrected chi connectivity index (χ1v) is 11.9. The summed E-state index contributed by atoms with van der Waals surface area (Å²) in [6, 6.07) is 10.3. The maximum absolute atomic E-state index is 14.8. The van der Waals surface area contributed by atoms with Crippen molar-refractivity contribution in [2.75, 3.05) is 31.7 Å². The summed E-state index contributed by atoms with van der Waals surface area (Å²) in [5.41, 5.74) is 2.44. The quantitative estimate of drug-likeness (QED) is 0.283. The first-order chi connectivity index (χ1) is 17.6. The zero-order valence-corrected chi connectivity index (χ0v) is 21.4. The van der Waals surface area contributed by atoms with Crippen molar-refractivity contribution in [2.24, 2.45) is 0 Å². The summed E-state index contributed by atoms with van der Waals surface area (Å²) in [4.78, 5) is 14.5. The number of aliphatic hydroxyl groups is 1. The number of H-pyrrole nitrogens is 1. The van der Waals surface area contributed by atoms with Gasteiger partial charge in [0.1, 0.15) is 23.4 Å². The molecule has 8 nitrogen and oxygen atoms in total. The van der Waals surface area contributed by atoms with Crippen LogP contribution in [0.4, 0.5) is 10.1 Å². The summed E-state index contributed by atoms with van der Waals surface area (Å²) >= 11 is 0. The maximum Gasteiger partial charge on any atom is 0.174 e. The molecule has 2 aromatic carbocycles. The second-order valence-corrected chi connectivity index (χ2v) is 9.50. The van der Waals surface area contributed by atoms with E-state index >= 15 is 0 Å². The van der Waals surface area contributed by atoms with Gasteiger partial charge in [-0.05, 0) is 51.1 Å². The van der Waals surface area contributed by atoms with E-state index in [1.54, 1.807) is 39.0 Å². The van der Waals surface area contributed by atoms with Crippen molar-refractivity contribution in [1.29, 1.82) is 5.26 Å². The van der Waals surface area contributed by atoms with Crippen LogP contribution in [0.1, 0.15) is 26.1 Å². The van der Waals surface area contributed by atoms with Crippen LogP contribution in [0.5, 0.6) is 11.5 Å². The molecule has 0 aliphatic carbocycles. The van der Waals surface area contributed by atoms with E-state index in [0.29, 0.717) is 63.7 Å². The number of benzene rings is 2. The van der Waals surface area contributed by atoms with Crippen LogP contribution in [0.15, 0.2) is 43.0 Å². The number of anilines is 1. The molecule has 37 heavy (non-hydrogen) atoms. The highest BCUT2D eigenvalue weighted by atomic mass is 19.1. The van der Waals surface area contributed by atoms with Gasteiger partial charge in [-0.15, -0.1) is 6.58 Å². The average molecular weight is 504 g/mol. The topological polar surface area (TPSA) is 107 Å². The smallest absolute Gasteiger partial charge is 0.174 e. The number of nitrogens with one attached hydrogen (secondary N) is 1. The Labute approximate surface area is 215 Å². The van der Waals surface area contributed by atoms with Crippen LogP contribution in [-0.4, -0.2) is 52.5 Å². The molecule has 192 valence electrons. The van der Waals surface area contributed by atoms with E-state index in [9.17, 15) is 9.50 Å². The first kappa shape index (κ1) is 25.9. The molecule has 0 bridgehead atoms. The number of nitriles is 1. The lowest BCUT2D eigenvalue weighted by molar-refractivity contribution is 0.0548. The zero-order valence-electron chi connectivity index (χ0n) is 21.4. The van der Waals surface area contributed by atoms with Crippen molar-refractivity contribution in [3.05, 3.63) is 54.6 Å². The number of aromatic nitrogens is 3. The molecule has 0 aliphatic rings. The first-order valence-electron chi connectivity index (χ1n) is 11.9. The van der Waals surface area contributed by atoms with Gasteiger partial charge < -0.3 is 24.5 Å². The SMILES string of the molecule is C=CCN(C)c1cc(F)cc2c1[nH]c1nc(C)nc(-c3ccc(OCCC(C)(C)O)c(OCC#N)c3)c12. The van der Waals surface area contributed by atoms with Gasteiger partial charge >= 0.3 is 0 Å².